The van der Waals surface area contributed by atoms with Crippen molar-refractivity contribution in [2.45, 2.75) is 26.0 Å². The summed E-state index contributed by atoms with van der Waals surface area (Å²) < 4.78 is 10.4. The molecule has 1 amide bonds. The number of carbonyl (C=O) groups is 3. The summed E-state index contributed by atoms with van der Waals surface area (Å²) in [6.45, 7) is 1.59. The molecule has 31 heavy (non-hydrogen) atoms. The lowest BCUT2D eigenvalue weighted by molar-refractivity contribution is -0.144. The quantitative estimate of drug-likeness (QED) is 0.398. The molecule has 3 rings (SSSR count). The molecule has 7 heteroatoms. The van der Waals surface area contributed by atoms with E-state index in [0.717, 1.165) is 16.0 Å². The second kappa shape index (κ2) is 11.1. The number of carbonyl (C=O) groups excluding carboxylic acids is 3. The van der Waals surface area contributed by atoms with Crippen LogP contribution in [0.25, 0.3) is 0 Å². The first-order valence-corrected chi connectivity index (χ1v) is 10.6. The standard InChI is InChI=1S/C24H23NO5S/c1-17-12-13-22(31-17)21(26)16-29-23(27)20(14-18-8-4-2-5-9-18)25-24(28)30-15-19-10-6-3-7-11-19/h2-13,20H,14-16H2,1H3,(H,25,28). The van der Waals surface area contributed by atoms with Crippen LogP contribution in [0.15, 0.2) is 72.8 Å². The Morgan fingerprint density at radius 2 is 1.52 bits per heavy atom. The number of amides is 1. The molecule has 0 saturated heterocycles. The smallest absolute Gasteiger partial charge is 0.408 e. The fraction of sp³-hybridized carbons (Fsp3) is 0.208. The maximum atomic E-state index is 12.7. The molecule has 0 aliphatic rings. The number of Topliss-reactive ketones (excluding diaryl/α,β-unsaturated/α-hetero) is 1. The molecule has 0 aliphatic carbocycles. The average Bonchev–Trinajstić information content (AvgIpc) is 3.23. The van der Waals surface area contributed by atoms with Crippen LogP contribution in [0, 0.1) is 6.92 Å². The van der Waals surface area contributed by atoms with Gasteiger partial charge in [-0.2, -0.15) is 0 Å². The van der Waals surface area contributed by atoms with Crippen molar-refractivity contribution < 1.29 is 23.9 Å². The van der Waals surface area contributed by atoms with E-state index in [4.69, 9.17) is 9.47 Å². The maximum Gasteiger partial charge on any atom is 0.408 e. The summed E-state index contributed by atoms with van der Waals surface area (Å²) in [4.78, 5) is 38.7. The van der Waals surface area contributed by atoms with Gasteiger partial charge in [-0.3, -0.25) is 4.79 Å². The number of thiophene rings is 1. The molecule has 0 radical (unpaired) electrons. The molecule has 3 aromatic rings. The fourth-order valence-electron chi connectivity index (χ4n) is 2.84. The minimum Gasteiger partial charge on any atom is -0.456 e. The summed E-state index contributed by atoms with van der Waals surface area (Å²) in [5, 5.41) is 2.56. The predicted molar refractivity (Wildman–Crippen MR) is 118 cm³/mol. The zero-order valence-corrected chi connectivity index (χ0v) is 17.9. The van der Waals surface area contributed by atoms with Crippen molar-refractivity contribution in [1.82, 2.24) is 5.32 Å². The van der Waals surface area contributed by atoms with Crippen molar-refractivity contribution in [3.63, 3.8) is 0 Å². The molecule has 1 N–H and O–H groups in total. The predicted octanol–water partition coefficient (Wildman–Crippen LogP) is 4.32. The van der Waals surface area contributed by atoms with Crippen molar-refractivity contribution in [2.75, 3.05) is 6.61 Å². The average molecular weight is 438 g/mol. The third-order valence-electron chi connectivity index (χ3n) is 4.43. The molecule has 0 aliphatic heterocycles. The van der Waals surface area contributed by atoms with Gasteiger partial charge < -0.3 is 14.8 Å². The third-order valence-corrected chi connectivity index (χ3v) is 5.47. The van der Waals surface area contributed by atoms with Crippen molar-refractivity contribution in [3.8, 4) is 0 Å². The van der Waals surface area contributed by atoms with Gasteiger partial charge in [-0.25, -0.2) is 9.59 Å². The van der Waals surface area contributed by atoms with E-state index in [-0.39, 0.29) is 25.4 Å². The maximum absolute atomic E-state index is 12.7. The lowest BCUT2D eigenvalue weighted by Crippen LogP contribution is -2.44. The molecule has 160 valence electrons. The molecule has 0 bridgehead atoms. The van der Waals surface area contributed by atoms with Crippen LogP contribution in [-0.4, -0.2) is 30.5 Å². The number of ketones is 1. The minimum absolute atomic E-state index is 0.0794. The topological polar surface area (TPSA) is 81.7 Å². The third kappa shape index (κ3) is 7.08. The highest BCUT2D eigenvalue weighted by atomic mass is 32.1. The zero-order valence-electron chi connectivity index (χ0n) is 17.1. The molecule has 2 aromatic carbocycles. The Kier molecular flexibility index (Phi) is 7.95. The van der Waals surface area contributed by atoms with Crippen LogP contribution in [0.3, 0.4) is 0 Å². The molecule has 0 fully saturated rings. The molecule has 6 nitrogen and oxygen atoms in total. The van der Waals surface area contributed by atoms with Gasteiger partial charge in [-0.05, 0) is 30.2 Å². The van der Waals surface area contributed by atoms with Crippen molar-refractivity contribution in [2.24, 2.45) is 0 Å². The highest BCUT2D eigenvalue weighted by Crippen LogP contribution is 2.16. The number of benzene rings is 2. The van der Waals surface area contributed by atoms with E-state index in [9.17, 15) is 14.4 Å². The second-order valence-corrected chi connectivity index (χ2v) is 8.18. The number of hydrogen-bond acceptors (Lipinski definition) is 6. The molecule has 0 spiro atoms. The SMILES string of the molecule is Cc1ccc(C(=O)COC(=O)C(Cc2ccccc2)NC(=O)OCc2ccccc2)s1. The summed E-state index contributed by atoms with van der Waals surface area (Å²) in [7, 11) is 0. The van der Waals surface area contributed by atoms with Crippen LogP contribution in [0.5, 0.6) is 0 Å². The Balaban J connectivity index is 1.60. The summed E-state index contributed by atoms with van der Waals surface area (Å²) in [6.07, 6.45) is -0.520. The zero-order chi connectivity index (χ0) is 22.1. The van der Waals surface area contributed by atoms with E-state index in [1.165, 1.54) is 11.3 Å². The van der Waals surface area contributed by atoms with Gasteiger partial charge in [-0.15, -0.1) is 11.3 Å². The largest absolute Gasteiger partial charge is 0.456 e. The summed E-state index contributed by atoms with van der Waals surface area (Å²) in [5.41, 5.74) is 1.67. The first-order chi connectivity index (χ1) is 15.0. The van der Waals surface area contributed by atoms with Crippen molar-refractivity contribution >= 4 is 29.2 Å². The van der Waals surface area contributed by atoms with E-state index in [0.29, 0.717) is 4.88 Å². The Morgan fingerprint density at radius 1 is 0.871 bits per heavy atom. The fourth-order valence-corrected chi connectivity index (χ4v) is 3.63. The molecule has 1 atom stereocenters. The molecular formula is C24H23NO5S. The van der Waals surface area contributed by atoms with E-state index in [2.05, 4.69) is 5.32 Å². The Hall–Kier alpha value is -3.45. The van der Waals surface area contributed by atoms with Gasteiger partial charge in [0, 0.05) is 11.3 Å². The lowest BCUT2D eigenvalue weighted by atomic mass is 10.1. The van der Waals surface area contributed by atoms with Crippen LogP contribution in [-0.2, 0) is 27.3 Å². The van der Waals surface area contributed by atoms with Gasteiger partial charge >= 0.3 is 12.1 Å². The molecule has 0 saturated carbocycles. The second-order valence-electron chi connectivity index (χ2n) is 6.89. The van der Waals surface area contributed by atoms with Gasteiger partial charge in [0.25, 0.3) is 0 Å². The van der Waals surface area contributed by atoms with Gasteiger partial charge in [0.15, 0.2) is 6.61 Å². The molecule has 1 aromatic heterocycles. The van der Waals surface area contributed by atoms with E-state index in [1.54, 1.807) is 6.07 Å². The molecule has 1 unspecified atom stereocenters. The number of aryl methyl sites for hydroxylation is 1. The lowest BCUT2D eigenvalue weighted by Gasteiger charge is -2.17. The number of hydrogen-bond donors (Lipinski definition) is 1. The molecule has 1 heterocycles. The van der Waals surface area contributed by atoms with E-state index in [1.807, 2.05) is 73.7 Å². The van der Waals surface area contributed by atoms with E-state index < -0.39 is 18.1 Å². The van der Waals surface area contributed by atoms with Crippen LogP contribution in [0.1, 0.15) is 25.7 Å². The number of nitrogens with one attached hydrogen (secondary N) is 1. The van der Waals surface area contributed by atoms with Crippen molar-refractivity contribution in [3.05, 3.63) is 93.7 Å². The van der Waals surface area contributed by atoms with Gasteiger partial charge in [0.2, 0.25) is 5.78 Å². The number of alkyl carbamates (subject to hydrolysis) is 1. The van der Waals surface area contributed by atoms with Crippen LogP contribution in [0.4, 0.5) is 4.79 Å². The van der Waals surface area contributed by atoms with Crippen LogP contribution in [0.2, 0.25) is 0 Å². The number of esters is 1. The Labute approximate surface area is 184 Å². The van der Waals surface area contributed by atoms with E-state index >= 15 is 0 Å². The summed E-state index contributed by atoms with van der Waals surface area (Å²) in [5.74, 6) is -0.973. The molecular weight excluding hydrogens is 414 g/mol. The normalized spacial score (nSPS) is 11.4. The first-order valence-electron chi connectivity index (χ1n) is 9.78. The van der Waals surface area contributed by atoms with Gasteiger partial charge in [0.05, 0.1) is 4.88 Å². The van der Waals surface area contributed by atoms with Crippen LogP contribution < -0.4 is 5.32 Å². The highest BCUT2D eigenvalue weighted by molar-refractivity contribution is 7.14. The summed E-state index contributed by atoms with van der Waals surface area (Å²) >= 11 is 1.34. The monoisotopic (exact) mass is 437 g/mol. The first kappa shape index (κ1) is 22.2. The van der Waals surface area contributed by atoms with Crippen molar-refractivity contribution in [1.29, 1.82) is 0 Å². The Bertz CT molecular complexity index is 1020. The van der Waals surface area contributed by atoms with Crippen LogP contribution >= 0.6 is 11.3 Å². The number of rotatable bonds is 9. The number of ether oxygens (including phenoxy) is 2. The summed E-state index contributed by atoms with van der Waals surface area (Å²) in [6, 6.07) is 21.0. The Morgan fingerprint density at radius 3 is 2.13 bits per heavy atom. The highest BCUT2D eigenvalue weighted by Gasteiger charge is 2.25. The van der Waals surface area contributed by atoms with Gasteiger partial charge in [0.1, 0.15) is 12.6 Å². The minimum atomic E-state index is -0.983. The van der Waals surface area contributed by atoms with Gasteiger partial charge in [-0.1, -0.05) is 60.7 Å².